The lowest BCUT2D eigenvalue weighted by Crippen LogP contribution is -2.34. The van der Waals surface area contributed by atoms with Crippen LogP contribution in [0.5, 0.6) is 0 Å². The summed E-state index contributed by atoms with van der Waals surface area (Å²) < 4.78 is 7.41. The zero-order valence-electron chi connectivity index (χ0n) is 12.5. The minimum atomic E-state index is -0.469. The van der Waals surface area contributed by atoms with E-state index in [9.17, 15) is 4.79 Å². The number of imidazole rings is 1. The van der Waals surface area contributed by atoms with Crippen LogP contribution in [0, 0.1) is 6.92 Å². The number of fused-ring (bicyclic) bond motifs is 1. The number of rotatable bonds is 7. The fourth-order valence-corrected chi connectivity index (χ4v) is 2.01. The molecular formula is C16H21N3O2. The number of ether oxygens (including phenoxy) is 1. The SMILES string of the molecule is C=CCCOC(C)C(=O)NCc1cn2c(C)cccc2n1. The molecule has 1 unspecified atom stereocenters. The molecule has 0 aliphatic carbocycles. The Labute approximate surface area is 124 Å². The van der Waals surface area contributed by atoms with Gasteiger partial charge in [-0.3, -0.25) is 4.79 Å². The Bertz CT molecular complexity index is 633. The van der Waals surface area contributed by atoms with Crippen LogP contribution in [-0.2, 0) is 16.1 Å². The molecule has 0 aliphatic heterocycles. The van der Waals surface area contributed by atoms with E-state index in [1.165, 1.54) is 0 Å². The highest BCUT2D eigenvalue weighted by atomic mass is 16.5. The molecule has 2 heterocycles. The Hall–Kier alpha value is -2.14. The third kappa shape index (κ3) is 3.92. The zero-order valence-corrected chi connectivity index (χ0v) is 12.5. The van der Waals surface area contributed by atoms with Crippen molar-refractivity contribution in [2.45, 2.75) is 32.9 Å². The number of hydrogen-bond acceptors (Lipinski definition) is 3. The minimum absolute atomic E-state index is 0.132. The fraction of sp³-hybridized carbons (Fsp3) is 0.375. The van der Waals surface area contributed by atoms with Crippen LogP contribution >= 0.6 is 0 Å². The van der Waals surface area contributed by atoms with Gasteiger partial charge in [0.05, 0.1) is 18.8 Å². The van der Waals surface area contributed by atoms with E-state index in [1.807, 2.05) is 35.7 Å². The Morgan fingerprint density at radius 1 is 1.57 bits per heavy atom. The average Bonchev–Trinajstić information content (AvgIpc) is 2.89. The van der Waals surface area contributed by atoms with Crippen molar-refractivity contribution in [3.63, 3.8) is 0 Å². The third-order valence-corrected chi connectivity index (χ3v) is 3.25. The molecule has 2 aromatic rings. The van der Waals surface area contributed by atoms with Gasteiger partial charge in [0.2, 0.25) is 5.91 Å². The van der Waals surface area contributed by atoms with Crippen LogP contribution in [-0.4, -0.2) is 28.0 Å². The van der Waals surface area contributed by atoms with E-state index in [1.54, 1.807) is 13.0 Å². The van der Waals surface area contributed by atoms with Crippen molar-refractivity contribution in [3.8, 4) is 0 Å². The second-order valence-electron chi connectivity index (χ2n) is 4.94. The quantitative estimate of drug-likeness (QED) is 0.627. The topological polar surface area (TPSA) is 55.6 Å². The molecule has 0 fully saturated rings. The Balaban J connectivity index is 1.90. The lowest BCUT2D eigenvalue weighted by Gasteiger charge is -2.11. The number of carbonyl (C=O) groups is 1. The van der Waals surface area contributed by atoms with Gasteiger partial charge in [0.1, 0.15) is 11.8 Å². The van der Waals surface area contributed by atoms with E-state index in [0.717, 1.165) is 23.5 Å². The normalized spacial score (nSPS) is 12.3. The first-order valence-corrected chi connectivity index (χ1v) is 7.05. The summed E-state index contributed by atoms with van der Waals surface area (Å²) in [5.41, 5.74) is 2.82. The maximum absolute atomic E-state index is 11.9. The number of hydrogen-bond donors (Lipinski definition) is 1. The van der Waals surface area contributed by atoms with Gasteiger partial charge in [0, 0.05) is 11.9 Å². The highest BCUT2D eigenvalue weighted by molar-refractivity contribution is 5.80. The molecule has 0 saturated carbocycles. The fourth-order valence-electron chi connectivity index (χ4n) is 2.01. The van der Waals surface area contributed by atoms with Gasteiger partial charge >= 0.3 is 0 Å². The highest BCUT2D eigenvalue weighted by Gasteiger charge is 2.13. The van der Waals surface area contributed by atoms with Crippen LogP contribution in [0.3, 0.4) is 0 Å². The second kappa shape index (κ2) is 7.04. The Morgan fingerprint density at radius 2 is 2.38 bits per heavy atom. The molecule has 5 nitrogen and oxygen atoms in total. The number of carbonyl (C=O) groups excluding carboxylic acids is 1. The van der Waals surface area contributed by atoms with E-state index in [-0.39, 0.29) is 5.91 Å². The van der Waals surface area contributed by atoms with Gasteiger partial charge in [0.15, 0.2) is 0 Å². The molecule has 0 bridgehead atoms. The van der Waals surface area contributed by atoms with Crippen LogP contribution < -0.4 is 5.32 Å². The van der Waals surface area contributed by atoms with Gasteiger partial charge in [-0.25, -0.2) is 4.98 Å². The summed E-state index contributed by atoms with van der Waals surface area (Å²) in [6.07, 6.45) is 3.98. The minimum Gasteiger partial charge on any atom is -0.368 e. The van der Waals surface area contributed by atoms with Crippen LogP contribution in [0.15, 0.2) is 37.1 Å². The largest absolute Gasteiger partial charge is 0.368 e. The molecule has 0 saturated heterocycles. The van der Waals surface area contributed by atoms with Crippen LogP contribution in [0.2, 0.25) is 0 Å². The molecule has 0 aliphatic rings. The number of nitrogens with zero attached hydrogens (tertiary/aromatic N) is 2. The van der Waals surface area contributed by atoms with E-state index in [2.05, 4.69) is 16.9 Å². The lowest BCUT2D eigenvalue weighted by atomic mass is 10.3. The predicted molar refractivity (Wildman–Crippen MR) is 82.0 cm³/mol. The van der Waals surface area contributed by atoms with Gasteiger partial charge in [0.25, 0.3) is 0 Å². The standard InChI is InChI=1S/C16H21N3O2/c1-4-5-9-21-13(3)16(20)17-10-14-11-19-12(2)7-6-8-15(19)18-14/h4,6-8,11,13H,1,5,9-10H2,2-3H3,(H,17,20). The molecule has 2 rings (SSSR count). The van der Waals surface area contributed by atoms with Gasteiger partial charge in [-0.1, -0.05) is 12.1 Å². The van der Waals surface area contributed by atoms with E-state index >= 15 is 0 Å². The van der Waals surface area contributed by atoms with E-state index in [4.69, 9.17) is 4.74 Å². The maximum Gasteiger partial charge on any atom is 0.249 e. The molecule has 1 atom stereocenters. The molecule has 0 spiro atoms. The number of amides is 1. The number of pyridine rings is 1. The van der Waals surface area contributed by atoms with Crippen molar-refractivity contribution in [1.29, 1.82) is 0 Å². The summed E-state index contributed by atoms with van der Waals surface area (Å²) in [6, 6.07) is 5.93. The second-order valence-corrected chi connectivity index (χ2v) is 4.94. The molecule has 0 aromatic carbocycles. The summed E-state index contributed by atoms with van der Waals surface area (Å²) in [5, 5.41) is 2.84. The summed E-state index contributed by atoms with van der Waals surface area (Å²) in [6.45, 7) is 8.28. The third-order valence-electron chi connectivity index (χ3n) is 3.25. The first kappa shape index (κ1) is 15.3. The zero-order chi connectivity index (χ0) is 15.2. The summed E-state index contributed by atoms with van der Waals surface area (Å²) >= 11 is 0. The van der Waals surface area contributed by atoms with Crippen molar-refractivity contribution in [2.75, 3.05) is 6.61 Å². The molecule has 2 aromatic heterocycles. The first-order chi connectivity index (χ1) is 10.1. The molecule has 1 N–H and O–H groups in total. The lowest BCUT2D eigenvalue weighted by molar-refractivity contribution is -0.131. The van der Waals surface area contributed by atoms with E-state index in [0.29, 0.717) is 13.2 Å². The summed E-state index contributed by atoms with van der Waals surface area (Å²) in [5.74, 6) is -0.132. The predicted octanol–water partition coefficient (Wildman–Crippen LogP) is 2.24. The summed E-state index contributed by atoms with van der Waals surface area (Å²) in [4.78, 5) is 16.4. The highest BCUT2D eigenvalue weighted by Crippen LogP contribution is 2.08. The molecular weight excluding hydrogens is 266 g/mol. The first-order valence-electron chi connectivity index (χ1n) is 7.05. The van der Waals surface area contributed by atoms with Crippen LogP contribution in [0.25, 0.3) is 5.65 Å². The molecule has 21 heavy (non-hydrogen) atoms. The summed E-state index contributed by atoms with van der Waals surface area (Å²) in [7, 11) is 0. The number of nitrogens with one attached hydrogen (secondary N) is 1. The molecule has 0 radical (unpaired) electrons. The molecule has 112 valence electrons. The van der Waals surface area contributed by atoms with Crippen molar-refractivity contribution in [2.24, 2.45) is 0 Å². The molecule has 5 heteroatoms. The smallest absolute Gasteiger partial charge is 0.249 e. The van der Waals surface area contributed by atoms with Gasteiger partial charge in [-0.05, 0) is 32.4 Å². The maximum atomic E-state index is 11.9. The van der Waals surface area contributed by atoms with Gasteiger partial charge in [-0.15, -0.1) is 6.58 Å². The van der Waals surface area contributed by atoms with Crippen molar-refractivity contribution < 1.29 is 9.53 Å². The van der Waals surface area contributed by atoms with Crippen LogP contribution in [0.4, 0.5) is 0 Å². The molecule has 1 amide bonds. The number of aryl methyl sites for hydroxylation is 1. The van der Waals surface area contributed by atoms with Crippen LogP contribution in [0.1, 0.15) is 24.7 Å². The van der Waals surface area contributed by atoms with E-state index < -0.39 is 6.10 Å². The average molecular weight is 287 g/mol. The van der Waals surface area contributed by atoms with Crippen molar-refractivity contribution in [3.05, 3.63) is 48.4 Å². The van der Waals surface area contributed by atoms with Crippen molar-refractivity contribution in [1.82, 2.24) is 14.7 Å². The number of aromatic nitrogens is 2. The van der Waals surface area contributed by atoms with Gasteiger partial charge < -0.3 is 14.5 Å². The monoisotopic (exact) mass is 287 g/mol. The Morgan fingerprint density at radius 3 is 3.10 bits per heavy atom. The van der Waals surface area contributed by atoms with Crippen molar-refractivity contribution >= 4 is 11.6 Å². The Kier molecular flexibility index (Phi) is 5.11. The van der Waals surface area contributed by atoms with Gasteiger partial charge in [-0.2, -0.15) is 0 Å².